The molecule has 0 aliphatic heterocycles. The number of aromatic carboxylic acids is 1. The quantitative estimate of drug-likeness (QED) is 0.780. The second kappa shape index (κ2) is 3.83. The van der Waals surface area contributed by atoms with E-state index in [-0.39, 0.29) is 5.56 Å². The van der Waals surface area contributed by atoms with Crippen molar-refractivity contribution in [2.75, 3.05) is 0 Å². The number of para-hydroxylation sites is 1. The average molecular weight is 210 g/mol. The third-order valence-corrected chi connectivity index (χ3v) is 2.37. The first kappa shape index (κ1) is 10.8. The molecule has 0 amide bonds. The van der Waals surface area contributed by atoms with Gasteiger partial charge >= 0.3 is 5.97 Å². The van der Waals surface area contributed by atoms with E-state index >= 15 is 0 Å². The first-order valence-corrected chi connectivity index (χ1v) is 7.82. The number of hydrogen-bond donors (Lipinski definition) is 1. The Hall–Kier alpha value is -1.29. The Bertz CT molecular complexity index is 341. The number of rotatable bonds is 3. The highest BCUT2D eigenvalue weighted by molar-refractivity contribution is 6.70. The molecule has 1 rings (SSSR count). The number of carboxylic acids is 1. The maximum Gasteiger partial charge on any atom is 0.339 e. The number of hydrogen-bond acceptors (Lipinski definition) is 2. The van der Waals surface area contributed by atoms with Crippen LogP contribution in [0.3, 0.4) is 0 Å². The molecule has 0 saturated heterocycles. The van der Waals surface area contributed by atoms with E-state index in [9.17, 15) is 4.79 Å². The first-order chi connectivity index (χ1) is 6.40. The zero-order valence-electron chi connectivity index (χ0n) is 8.57. The highest BCUT2D eigenvalue weighted by Crippen LogP contribution is 2.21. The van der Waals surface area contributed by atoms with Crippen molar-refractivity contribution < 1.29 is 14.3 Å². The van der Waals surface area contributed by atoms with Gasteiger partial charge < -0.3 is 9.53 Å². The lowest BCUT2D eigenvalue weighted by Crippen LogP contribution is -2.30. The summed E-state index contributed by atoms with van der Waals surface area (Å²) in [6.45, 7) is 6.06. The lowest BCUT2D eigenvalue weighted by atomic mass is 10.2. The molecule has 3 nitrogen and oxygen atoms in total. The SMILES string of the molecule is C[Si](C)(C)Oc1ccccc1C(=O)O. The average Bonchev–Trinajstić information content (AvgIpc) is 2.01. The highest BCUT2D eigenvalue weighted by Gasteiger charge is 2.19. The van der Waals surface area contributed by atoms with Crippen LogP contribution in [0.5, 0.6) is 5.75 Å². The third-order valence-electron chi connectivity index (χ3n) is 1.53. The lowest BCUT2D eigenvalue weighted by molar-refractivity contribution is 0.0695. The molecule has 0 spiro atoms. The van der Waals surface area contributed by atoms with Crippen molar-refractivity contribution in [2.24, 2.45) is 0 Å². The summed E-state index contributed by atoms with van der Waals surface area (Å²) in [4.78, 5) is 10.8. The van der Waals surface area contributed by atoms with Gasteiger partial charge in [-0.25, -0.2) is 4.79 Å². The van der Waals surface area contributed by atoms with E-state index < -0.39 is 14.3 Å². The van der Waals surface area contributed by atoms with Crippen molar-refractivity contribution in [3.63, 3.8) is 0 Å². The molecule has 1 aromatic rings. The summed E-state index contributed by atoms with van der Waals surface area (Å²) >= 11 is 0. The van der Waals surface area contributed by atoms with Crippen LogP contribution in [0.4, 0.5) is 0 Å². The van der Waals surface area contributed by atoms with Gasteiger partial charge in [0.15, 0.2) is 0 Å². The summed E-state index contributed by atoms with van der Waals surface area (Å²) < 4.78 is 5.65. The maximum atomic E-state index is 10.8. The molecule has 0 unspecified atom stereocenters. The summed E-state index contributed by atoms with van der Waals surface area (Å²) in [6.07, 6.45) is 0. The van der Waals surface area contributed by atoms with Gasteiger partial charge in [0.25, 0.3) is 0 Å². The number of carbonyl (C=O) groups is 1. The Labute approximate surface area is 84.5 Å². The van der Waals surface area contributed by atoms with Crippen LogP contribution in [-0.2, 0) is 0 Å². The third kappa shape index (κ3) is 2.88. The van der Waals surface area contributed by atoms with Crippen molar-refractivity contribution >= 4 is 14.3 Å². The van der Waals surface area contributed by atoms with Crippen molar-refractivity contribution in [2.45, 2.75) is 19.6 Å². The van der Waals surface area contributed by atoms with Crippen molar-refractivity contribution in [1.82, 2.24) is 0 Å². The van der Waals surface area contributed by atoms with Crippen LogP contribution < -0.4 is 4.43 Å². The number of benzene rings is 1. The van der Waals surface area contributed by atoms with Crippen LogP contribution in [0.25, 0.3) is 0 Å². The summed E-state index contributed by atoms with van der Waals surface area (Å²) in [7, 11) is -1.74. The molecule has 1 aromatic carbocycles. The van der Waals surface area contributed by atoms with Gasteiger partial charge in [-0.3, -0.25) is 0 Å². The Balaban J connectivity index is 3.02. The fraction of sp³-hybridized carbons (Fsp3) is 0.300. The number of carboxylic acid groups (broad SMARTS) is 1. The molecule has 0 aliphatic rings. The van der Waals surface area contributed by atoms with Crippen LogP contribution in [0.15, 0.2) is 24.3 Å². The van der Waals surface area contributed by atoms with E-state index in [2.05, 4.69) is 0 Å². The molecule has 14 heavy (non-hydrogen) atoms. The van der Waals surface area contributed by atoms with Gasteiger partial charge in [0.2, 0.25) is 8.32 Å². The second-order valence-electron chi connectivity index (χ2n) is 4.02. The fourth-order valence-corrected chi connectivity index (χ4v) is 1.90. The minimum absolute atomic E-state index is 0.231. The molecular weight excluding hydrogens is 196 g/mol. The van der Waals surface area contributed by atoms with Gasteiger partial charge in [0.1, 0.15) is 5.75 Å². The normalized spacial score (nSPS) is 11.1. The van der Waals surface area contributed by atoms with Crippen molar-refractivity contribution in [3.8, 4) is 5.75 Å². The topological polar surface area (TPSA) is 46.5 Å². The van der Waals surface area contributed by atoms with E-state index in [1.807, 2.05) is 19.6 Å². The largest absolute Gasteiger partial charge is 0.544 e. The summed E-state index contributed by atoms with van der Waals surface area (Å²) in [5, 5.41) is 8.90. The molecule has 0 radical (unpaired) electrons. The molecule has 0 saturated carbocycles. The monoisotopic (exact) mass is 210 g/mol. The van der Waals surface area contributed by atoms with Gasteiger partial charge in [-0.15, -0.1) is 0 Å². The molecule has 0 aliphatic carbocycles. The smallest absolute Gasteiger partial charge is 0.339 e. The molecule has 1 N–H and O–H groups in total. The summed E-state index contributed by atoms with van der Waals surface area (Å²) in [5.41, 5.74) is 0.231. The van der Waals surface area contributed by atoms with Crippen LogP contribution in [0, 0.1) is 0 Å². The summed E-state index contributed by atoms with van der Waals surface area (Å²) in [6, 6.07) is 6.72. The van der Waals surface area contributed by atoms with Crippen LogP contribution in [-0.4, -0.2) is 19.4 Å². The lowest BCUT2D eigenvalue weighted by Gasteiger charge is -2.20. The van der Waals surface area contributed by atoms with Crippen LogP contribution in [0.2, 0.25) is 19.6 Å². The predicted molar refractivity (Wildman–Crippen MR) is 57.4 cm³/mol. The minimum Gasteiger partial charge on any atom is -0.544 e. The van der Waals surface area contributed by atoms with Crippen LogP contribution in [0.1, 0.15) is 10.4 Å². The van der Waals surface area contributed by atoms with Gasteiger partial charge in [0, 0.05) is 0 Å². The minimum atomic E-state index is -1.74. The van der Waals surface area contributed by atoms with Crippen molar-refractivity contribution in [1.29, 1.82) is 0 Å². The van der Waals surface area contributed by atoms with E-state index in [0.29, 0.717) is 5.75 Å². The second-order valence-corrected chi connectivity index (χ2v) is 8.44. The Kier molecular flexibility index (Phi) is 2.95. The van der Waals surface area contributed by atoms with E-state index in [4.69, 9.17) is 9.53 Å². The zero-order chi connectivity index (χ0) is 10.8. The Morgan fingerprint density at radius 1 is 1.29 bits per heavy atom. The Morgan fingerprint density at radius 2 is 1.86 bits per heavy atom. The van der Waals surface area contributed by atoms with E-state index in [1.54, 1.807) is 24.3 Å². The molecule has 0 bridgehead atoms. The van der Waals surface area contributed by atoms with E-state index in [0.717, 1.165) is 0 Å². The molecule has 0 aromatic heterocycles. The molecular formula is C10H14O3Si. The maximum absolute atomic E-state index is 10.8. The van der Waals surface area contributed by atoms with Crippen molar-refractivity contribution in [3.05, 3.63) is 29.8 Å². The first-order valence-electron chi connectivity index (χ1n) is 4.41. The molecule has 0 atom stereocenters. The fourth-order valence-electron chi connectivity index (χ4n) is 1.06. The van der Waals surface area contributed by atoms with Gasteiger partial charge in [-0.1, -0.05) is 12.1 Å². The van der Waals surface area contributed by atoms with Crippen LogP contribution >= 0.6 is 0 Å². The molecule has 0 heterocycles. The molecule has 76 valence electrons. The van der Waals surface area contributed by atoms with Gasteiger partial charge in [-0.2, -0.15) is 0 Å². The standard InChI is InChI=1S/C10H14O3Si/c1-14(2,3)13-9-7-5-4-6-8(9)10(11)12/h4-7H,1-3H3,(H,11,12). The Morgan fingerprint density at radius 3 is 2.36 bits per heavy atom. The predicted octanol–water partition coefficient (Wildman–Crippen LogP) is 2.60. The van der Waals surface area contributed by atoms with Gasteiger partial charge in [0.05, 0.1) is 5.56 Å². The molecule has 0 fully saturated rings. The van der Waals surface area contributed by atoms with Gasteiger partial charge in [-0.05, 0) is 31.8 Å². The van der Waals surface area contributed by atoms with E-state index in [1.165, 1.54) is 0 Å². The molecule has 4 heteroatoms. The zero-order valence-corrected chi connectivity index (χ0v) is 9.57. The highest BCUT2D eigenvalue weighted by atomic mass is 28.4. The summed E-state index contributed by atoms with van der Waals surface area (Å²) in [5.74, 6) is -0.474.